The van der Waals surface area contributed by atoms with E-state index < -0.39 is 58.9 Å². The molecule has 1 atom stereocenters. The molecule has 1 unspecified atom stereocenters. The number of para-hydroxylation sites is 2. The molecule has 0 saturated heterocycles. The maximum absolute atomic E-state index is 12.7. The molecule has 70 heavy (non-hydrogen) atoms. The summed E-state index contributed by atoms with van der Waals surface area (Å²) >= 11 is 0. The molecule has 0 spiro atoms. The number of rotatable bonds is 11. The van der Waals surface area contributed by atoms with Gasteiger partial charge in [-0.1, -0.05) is 114 Å². The Morgan fingerprint density at radius 3 is 1.49 bits per heavy atom. The minimum absolute atomic E-state index is 0.00281. The summed E-state index contributed by atoms with van der Waals surface area (Å²) < 4.78 is 186. The second-order valence-electron chi connectivity index (χ2n) is 16.8. The Morgan fingerprint density at radius 2 is 1.01 bits per heavy atom. The van der Waals surface area contributed by atoms with Crippen LogP contribution in [0.3, 0.4) is 0 Å². The summed E-state index contributed by atoms with van der Waals surface area (Å²) in [7, 11) is -19.5. The van der Waals surface area contributed by atoms with Crippen LogP contribution in [0.25, 0.3) is 10.9 Å². The third-order valence-corrected chi connectivity index (χ3v) is 13.0. The van der Waals surface area contributed by atoms with Gasteiger partial charge in [-0.05, 0) is 57.3 Å². The molecule has 2 heterocycles. The quantitative estimate of drug-likeness (QED) is 0.0719. The van der Waals surface area contributed by atoms with E-state index in [1.807, 2.05) is 52.2 Å². The van der Waals surface area contributed by atoms with Crippen LogP contribution in [0, 0.1) is 0 Å². The van der Waals surface area contributed by atoms with Crippen molar-refractivity contribution in [3.63, 3.8) is 0 Å². The average molecular weight is 1060 g/mol. The first-order valence-electron chi connectivity index (χ1n) is 20.2. The fraction of sp³-hybridized carbons (Fsp3) is 0.372. The number of anilines is 1. The zero-order chi connectivity index (χ0) is 52.7. The summed E-state index contributed by atoms with van der Waals surface area (Å²) in [6.07, 6.45) is -0.485. The largest absolute Gasteiger partial charge is 0.524 e. The number of alkyl halides is 9. The summed E-state index contributed by atoms with van der Waals surface area (Å²) in [4.78, 5) is 22.2. The number of fused-ring (bicyclic) bond motifs is 2. The minimum Gasteiger partial charge on any atom is -0.477 e. The van der Waals surface area contributed by atoms with Gasteiger partial charge in [-0.2, -0.15) is 74.7 Å². The van der Waals surface area contributed by atoms with Crippen LogP contribution in [0.1, 0.15) is 69.4 Å². The number of nitrogens with one attached hydrogen (secondary N) is 2. The molecule has 384 valence electrons. The van der Waals surface area contributed by atoms with Gasteiger partial charge in [0.25, 0.3) is 0 Å². The SMILES string of the molecule is CC(C)(C)c1ccc(CCOC2=NC(OS(=O)(=O)C(F)(F)F)Nc3ccccc32)cc1.CC(C)(C)c1ccc(CCOc2nc(=O)[nH]c3ccccc23)cc1.O=S(=O)(OS(=O)(=O)C(F)(F)F)C(F)(F)F. The lowest BCUT2D eigenvalue weighted by Crippen LogP contribution is -2.36. The second-order valence-corrected chi connectivity index (χ2v) is 21.7. The van der Waals surface area contributed by atoms with Crippen molar-refractivity contribution in [1.29, 1.82) is 0 Å². The van der Waals surface area contributed by atoms with Crippen molar-refractivity contribution in [2.75, 3.05) is 18.5 Å². The second kappa shape index (κ2) is 21.7. The van der Waals surface area contributed by atoms with Crippen LogP contribution < -0.4 is 15.7 Å². The van der Waals surface area contributed by atoms with Crippen LogP contribution >= 0.6 is 0 Å². The average Bonchev–Trinajstić information content (AvgIpc) is 3.22. The molecule has 5 aromatic rings. The number of halogens is 9. The van der Waals surface area contributed by atoms with E-state index in [2.05, 4.69) is 90.3 Å². The lowest BCUT2D eigenvalue weighted by Gasteiger charge is -2.25. The summed E-state index contributed by atoms with van der Waals surface area (Å²) in [5, 5.41) is 3.33. The molecule has 6 rings (SSSR count). The third-order valence-electron chi connectivity index (χ3n) is 9.42. The van der Waals surface area contributed by atoms with E-state index in [1.165, 1.54) is 16.7 Å². The van der Waals surface area contributed by atoms with E-state index in [-0.39, 0.29) is 23.3 Å². The summed E-state index contributed by atoms with van der Waals surface area (Å²) in [5.74, 6) is 0.392. The molecule has 15 nitrogen and oxygen atoms in total. The van der Waals surface area contributed by atoms with Gasteiger partial charge in [0.1, 0.15) is 0 Å². The van der Waals surface area contributed by atoms with Gasteiger partial charge in [-0.25, -0.2) is 8.98 Å². The van der Waals surface area contributed by atoms with Crippen molar-refractivity contribution in [3.05, 3.63) is 135 Å². The van der Waals surface area contributed by atoms with Crippen molar-refractivity contribution in [3.8, 4) is 5.88 Å². The number of aromatic nitrogens is 2. The number of benzene rings is 4. The van der Waals surface area contributed by atoms with E-state index in [1.54, 1.807) is 24.3 Å². The Labute approximate surface area is 396 Å². The number of ether oxygens (including phenoxy) is 2. The van der Waals surface area contributed by atoms with Crippen molar-refractivity contribution in [1.82, 2.24) is 9.97 Å². The van der Waals surface area contributed by atoms with E-state index in [0.29, 0.717) is 30.2 Å². The van der Waals surface area contributed by atoms with Crippen molar-refractivity contribution in [2.24, 2.45) is 4.99 Å². The molecule has 2 N–H and O–H groups in total. The highest BCUT2D eigenvalue weighted by molar-refractivity contribution is 8.00. The molecule has 0 radical (unpaired) electrons. The smallest absolute Gasteiger partial charge is 0.477 e. The lowest BCUT2D eigenvalue weighted by molar-refractivity contribution is -0.0587. The molecular weight excluding hydrogens is 1020 g/mol. The molecule has 0 bridgehead atoms. The predicted molar refractivity (Wildman–Crippen MR) is 239 cm³/mol. The molecule has 1 aliphatic rings. The van der Waals surface area contributed by atoms with Gasteiger partial charge in [-0.15, -0.1) is 3.63 Å². The fourth-order valence-corrected chi connectivity index (χ4v) is 7.73. The van der Waals surface area contributed by atoms with Gasteiger partial charge in [0.15, 0.2) is 0 Å². The molecule has 1 aromatic heterocycles. The van der Waals surface area contributed by atoms with Gasteiger partial charge in [-0.3, -0.25) is 0 Å². The van der Waals surface area contributed by atoms with Gasteiger partial charge < -0.3 is 19.8 Å². The molecule has 0 saturated carbocycles. The number of nitrogens with zero attached hydrogens (tertiary/aromatic N) is 2. The highest BCUT2D eigenvalue weighted by Crippen LogP contribution is 2.33. The van der Waals surface area contributed by atoms with Crippen LogP contribution in [-0.4, -0.2) is 77.2 Å². The maximum atomic E-state index is 12.7. The normalized spacial score (nSPS) is 14.7. The summed E-state index contributed by atoms with van der Waals surface area (Å²) in [6, 6.07) is 30.7. The Hall–Kier alpha value is -5.77. The molecule has 0 fully saturated rings. The number of aliphatic imine (C=N–C) groups is 1. The highest BCUT2D eigenvalue weighted by Gasteiger charge is 2.57. The van der Waals surface area contributed by atoms with Gasteiger partial charge >= 0.3 is 52.6 Å². The number of hydrogen-bond acceptors (Lipinski definition) is 14. The predicted octanol–water partition coefficient (Wildman–Crippen LogP) is 9.11. The van der Waals surface area contributed by atoms with Crippen molar-refractivity contribution >= 4 is 52.8 Å². The number of hydrogen-bond donors (Lipinski definition) is 2. The fourth-order valence-electron chi connectivity index (χ4n) is 5.73. The van der Waals surface area contributed by atoms with E-state index >= 15 is 0 Å². The zero-order valence-electron chi connectivity index (χ0n) is 37.7. The summed E-state index contributed by atoms with van der Waals surface area (Å²) in [6.45, 7) is 13.6. The first kappa shape index (κ1) is 56.8. The zero-order valence-corrected chi connectivity index (χ0v) is 40.1. The first-order valence-corrected chi connectivity index (χ1v) is 24.4. The van der Waals surface area contributed by atoms with Gasteiger partial charge in [0.05, 0.1) is 35.4 Å². The van der Waals surface area contributed by atoms with Gasteiger partial charge in [0, 0.05) is 12.8 Å². The van der Waals surface area contributed by atoms with Crippen LogP contribution in [0.15, 0.2) is 107 Å². The monoisotopic (exact) mass is 1060 g/mol. The lowest BCUT2D eigenvalue weighted by atomic mass is 9.86. The number of aromatic amines is 1. The molecule has 0 aliphatic carbocycles. The van der Waals surface area contributed by atoms with Crippen molar-refractivity contribution < 1.29 is 82.1 Å². The summed E-state index contributed by atoms with van der Waals surface area (Å²) in [5.41, 5.74) is -12.0. The molecule has 1 aliphatic heterocycles. The van der Waals surface area contributed by atoms with Crippen LogP contribution in [0.5, 0.6) is 5.88 Å². The topological polar surface area (TPSA) is 209 Å². The van der Waals surface area contributed by atoms with Crippen LogP contribution in [-0.2, 0) is 66.6 Å². The molecule has 0 amide bonds. The van der Waals surface area contributed by atoms with E-state index in [9.17, 15) is 69.6 Å². The molecular formula is C43H45F9N4O11S3. The Bertz CT molecular complexity index is 2980. The maximum Gasteiger partial charge on any atom is 0.524 e. The van der Waals surface area contributed by atoms with Crippen LogP contribution in [0.4, 0.5) is 45.2 Å². The Balaban J connectivity index is 0.000000243. The molecule has 27 heteroatoms. The first-order chi connectivity index (χ1) is 32.0. The van der Waals surface area contributed by atoms with E-state index in [4.69, 9.17) is 9.47 Å². The Morgan fingerprint density at radius 1 is 0.571 bits per heavy atom. The third kappa shape index (κ3) is 15.6. The molecule has 4 aromatic carbocycles. The Kier molecular flexibility index (Phi) is 17.6. The number of H-pyrrole nitrogens is 1. The van der Waals surface area contributed by atoms with Crippen molar-refractivity contribution in [2.45, 2.75) is 88.1 Å². The van der Waals surface area contributed by atoms with Crippen LogP contribution in [0.2, 0.25) is 0 Å². The minimum atomic E-state index is -6.85. The highest BCUT2D eigenvalue weighted by atomic mass is 32.3. The van der Waals surface area contributed by atoms with E-state index in [0.717, 1.165) is 22.9 Å². The standard InChI is InChI=1S/C21H23F3N2O4S.C20H22N2O2.C2F6O5S2/c1-20(2,3)15-10-8-14(9-11-15)12-13-29-18-16-6-4-5-7-17(16)25-19(26-18)30-31(27,28)21(22,23)24;1-20(2,3)15-10-8-14(9-11-15)12-13-24-18-16-6-4-5-7-17(16)21-19(23)22-18;3-1(4,5)14(9,10)13-15(11,12)2(6,7)8/h4-11,19,25H,12-13H2,1-3H3;4-11H,12-13H2,1-3H3,(H,21,22,23);. The van der Waals surface area contributed by atoms with Gasteiger partial charge in [0.2, 0.25) is 18.1 Å².